The lowest BCUT2D eigenvalue weighted by atomic mass is 9.89. The number of hydrogen-bond acceptors (Lipinski definition) is 2. The van der Waals surface area contributed by atoms with E-state index >= 15 is 0 Å². The van der Waals surface area contributed by atoms with Crippen molar-refractivity contribution in [3.8, 4) is 22.5 Å². The quantitative estimate of drug-likeness (QED) is 0.191. The lowest BCUT2D eigenvalue weighted by Crippen LogP contribution is -1.99. The van der Waals surface area contributed by atoms with Crippen molar-refractivity contribution in [2.75, 3.05) is 0 Å². The highest BCUT2D eigenvalue weighted by Crippen LogP contribution is 2.51. The second-order valence-electron chi connectivity index (χ2n) is 14.5. The van der Waals surface area contributed by atoms with E-state index in [1.54, 1.807) is 0 Å². The first-order valence-electron chi connectivity index (χ1n) is 17.7. The third kappa shape index (κ3) is 3.36. The summed E-state index contributed by atoms with van der Waals surface area (Å²) in [5.41, 5.74) is 14.4. The molecule has 50 heavy (non-hydrogen) atoms. The standard InChI is InChI=1S/C46H34N4/c1-25(2)37-40-32-22-34-39(31-20-13-19-30-29-18-11-12-21-33(29)49(34)45(30)31)42-41-36(24-48-44(38(41)26(3)4)28-16-9-6-10-17-28)50(46(32)42)35(40)23-47-43(37)27-14-7-5-8-15-27/h5-26H,1-4H3. The average molecular weight is 643 g/mol. The van der Waals surface area contributed by atoms with Crippen LogP contribution >= 0.6 is 0 Å². The van der Waals surface area contributed by atoms with Gasteiger partial charge in [-0.3, -0.25) is 9.97 Å². The molecular weight excluding hydrogens is 609 g/mol. The highest BCUT2D eigenvalue weighted by molar-refractivity contribution is 6.38. The van der Waals surface area contributed by atoms with Gasteiger partial charge in [0.1, 0.15) is 0 Å². The Kier molecular flexibility index (Phi) is 5.47. The monoisotopic (exact) mass is 642 g/mol. The van der Waals surface area contributed by atoms with E-state index in [0.717, 1.165) is 33.5 Å². The molecule has 4 nitrogen and oxygen atoms in total. The zero-order valence-corrected chi connectivity index (χ0v) is 28.5. The number of para-hydroxylation sites is 2. The molecule has 11 rings (SSSR count). The average Bonchev–Trinajstić information content (AvgIpc) is 3.87. The smallest absolute Gasteiger partial charge is 0.0744 e. The SMILES string of the molecule is CC(C)c1c(-c2ccccc2)ncc2c1c1cc3c(c4cccc5c6ccccc6n3c54)c3c4c(C(C)C)c(-c5ccccc5)ncc4n2c13. The van der Waals surface area contributed by atoms with E-state index < -0.39 is 0 Å². The number of fused-ring (bicyclic) bond motifs is 13. The van der Waals surface area contributed by atoms with Crippen molar-refractivity contribution in [2.45, 2.75) is 39.5 Å². The van der Waals surface area contributed by atoms with Gasteiger partial charge in [0.15, 0.2) is 0 Å². The summed E-state index contributed by atoms with van der Waals surface area (Å²) >= 11 is 0. The lowest BCUT2D eigenvalue weighted by Gasteiger charge is -2.16. The van der Waals surface area contributed by atoms with Gasteiger partial charge in [-0.1, -0.05) is 125 Å². The van der Waals surface area contributed by atoms with Crippen LogP contribution in [0.5, 0.6) is 0 Å². The van der Waals surface area contributed by atoms with Crippen LogP contribution in [0.4, 0.5) is 0 Å². The van der Waals surface area contributed by atoms with Crippen molar-refractivity contribution < 1.29 is 0 Å². The van der Waals surface area contributed by atoms with Gasteiger partial charge < -0.3 is 8.80 Å². The largest absolute Gasteiger partial charge is 0.308 e. The molecule has 0 saturated carbocycles. The number of nitrogens with zero attached hydrogens (tertiary/aromatic N) is 4. The normalized spacial score (nSPS) is 12.8. The topological polar surface area (TPSA) is 34.6 Å². The summed E-state index contributed by atoms with van der Waals surface area (Å²) in [6.07, 6.45) is 4.24. The minimum absolute atomic E-state index is 0.250. The Labute approximate surface area is 288 Å². The molecule has 0 aliphatic heterocycles. The van der Waals surface area contributed by atoms with Gasteiger partial charge in [-0.2, -0.15) is 0 Å². The van der Waals surface area contributed by atoms with Gasteiger partial charge in [0, 0.05) is 54.2 Å². The van der Waals surface area contributed by atoms with E-state index in [2.05, 4.69) is 158 Å². The molecule has 0 spiro atoms. The Morgan fingerprint density at radius 2 is 0.960 bits per heavy atom. The Balaban J connectivity index is 1.46. The van der Waals surface area contributed by atoms with Gasteiger partial charge in [-0.15, -0.1) is 0 Å². The summed E-state index contributed by atoms with van der Waals surface area (Å²) < 4.78 is 5.03. The van der Waals surface area contributed by atoms with Gasteiger partial charge in [-0.25, -0.2) is 0 Å². The second-order valence-corrected chi connectivity index (χ2v) is 14.5. The maximum Gasteiger partial charge on any atom is 0.0744 e. The van der Waals surface area contributed by atoms with Gasteiger partial charge >= 0.3 is 0 Å². The van der Waals surface area contributed by atoms with E-state index in [-0.39, 0.29) is 11.8 Å². The highest BCUT2D eigenvalue weighted by atomic mass is 15.0. The summed E-state index contributed by atoms with van der Waals surface area (Å²) in [6.45, 7) is 9.25. The van der Waals surface area contributed by atoms with Crippen molar-refractivity contribution in [3.05, 3.63) is 133 Å². The second kappa shape index (κ2) is 9.79. The summed E-state index contributed by atoms with van der Waals surface area (Å²) in [6, 6.07) is 39.6. The molecular formula is C46H34N4. The first-order chi connectivity index (χ1) is 24.5. The number of rotatable bonds is 4. The van der Waals surface area contributed by atoms with Crippen LogP contribution in [0.3, 0.4) is 0 Å². The van der Waals surface area contributed by atoms with Crippen molar-refractivity contribution in [2.24, 2.45) is 0 Å². The zero-order valence-electron chi connectivity index (χ0n) is 28.5. The molecule has 0 fully saturated rings. The van der Waals surface area contributed by atoms with Gasteiger partial charge in [0.05, 0.1) is 56.9 Å². The van der Waals surface area contributed by atoms with Crippen molar-refractivity contribution in [1.29, 1.82) is 0 Å². The van der Waals surface area contributed by atoms with Gasteiger partial charge in [-0.05, 0) is 35.1 Å². The fraction of sp³-hybridized carbons (Fsp3) is 0.130. The Bertz CT molecular complexity index is 3130. The van der Waals surface area contributed by atoms with Crippen molar-refractivity contribution >= 4 is 76.2 Å². The van der Waals surface area contributed by atoms with Crippen molar-refractivity contribution in [1.82, 2.24) is 18.8 Å². The molecule has 5 aromatic carbocycles. The number of aromatic nitrogens is 4. The van der Waals surface area contributed by atoms with E-state index in [1.807, 2.05) is 0 Å². The highest BCUT2D eigenvalue weighted by Gasteiger charge is 2.30. The van der Waals surface area contributed by atoms with Crippen LogP contribution in [0, 0.1) is 0 Å². The Morgan fingerprint density at radius 3 is 1.62 bits per heavy atom. The number of benzene rings is 5. The van der Waals surface area contributed by atoms with Crippen LogP contribution in [-0.2, 0) is 0 Å². The van der Waals surface area contributed by atoms with E-state index in [1.165, 1.54) is 76.3 Å². The predicted octanol–water partition coefficient (Wildman–Crippen LogP) is 12.4. The molecule has 0 amide bonds. The van der Waals surface area contributed by atoms with Crippen molar-refractivity contribution in [3.63, 3.8) is 0 Å². The molecule has 0 aliphatic carbocycles. The van der Waals surface area contributed by atoms with Crippen LogP contribution in [-0.4, -0.2) is 18.8 Å². The van der Waals surface area contributed by atoms with Crippen LogP contribution < -0.4 is 0 Å². The molecule has 6 heterocycles. The summed E-state index contributed by atoms with van der Waals surface area (Å²) in [5, 5.41) is 10.4. The van der Waals surface area contributed by atoms with Gasteiger partial charge in [0.2, 0.25) is 0 Å². The Morgan fingerprint density at radius 1 is 0.420 bits per heavy atom. The van der Waals surface area contributed by atoms with Crippen LogP contribution in [0.1, 0.15) is 50.7 Å². The third-order valence-electron chi connectivity index (χ3n) is 11.2. The maximum atomic E-state index is 5.28. The zero-order chi connectivity index (χ0) is 33.4. The molecule has 0 unspecified atom stereocenters. The molecule has 0 radical (unpaired) electrons. The minimum Gasteiger partial charge on any atom is -0.308 e. The molecule has 0 atom stereocenters. The lowest BCUT2D eigenvalue weighted by molar-refractivity contribution is 0.872. The molecule has 0 saturated heterocycles. The fourth-order valence-corrected chi connectivity index (χ4v) is 9.31. The fourth-order valence-electron chi connectivity index (χ4n) is 9.31. The minimum atomic E-state index is 0.250. The van der Waals surface area contributed by atoms with Crippen LogP contribution in [0.2, 0.25) is 0 Å². The predicted molar refractivity (Wildman–Crippen MR) is 210 cm³/mol. The molecule has 11 aromatic rings. The van der Waals surface area contributed by atoms with E-state index in [9.17, 15) is 0 Å². The van der Waals surface area contributed by atoms with E-state index in [4.69, 9.17) is 9.97 Å². The molecule has 0 bridgehead atoms. The maximum absolute atomic E-state index is 5.28. The first kappa shape index (κ1) is 27.9. The first-order valence-corrected chi connectivity index (χ1v) is 17.7. The molecule has 0 aliphatic rings. The Hall–Kier alpha value is -6.00. The molecule has 6 aromatic heterocycles. The number of pyridine rings is 2. The van der Waals surface area contributed by atoms with Gasteiger partial charge in [0.25, 0.3) is 0 Å². The van der Waals surface area contributed by atoms with Crippen LogP contribution in [0.15, 0.2) is 122 Å². The summed E-state index contributed by atoms with van der Waals surface area (Å²) in [4.78, 5) is 10.5. The van der Waals surface area contributed by atoms with E-state index in [0.29, 0.717) is 0 Å². The molecule has 238 valence electrons. The molecule has 0 N–H and O–H groups in total. The molecule has 4 heteroatoms. The third-order valence-corrected chi connectivity index (χ3v) is 11.2. The van der Waals surface area contributed by atoms with Crippen LogP contribution in [0.25, 0.3) is 98.7 Å². The summed E-state index contributed by atoms with van der Waals surface area (Å²) in [5.74, 6) is 0.512. The number of hydrogen-bond donors (Lipinski definition) is 0. The summed E-state index contributed by atoms with van der Waals surface area (Å²) in [7, 11) is 0.